The second-order valence-electron chi connectivity index (χ2n) is 6.62. The maximum atomic E-state index is 12.8. The molecule has 0 saturated carbocycles. The van der Waals surface area contributed by atoms with Gasteiger partial charge in [-0.1, -0.05) is 36.4 Å². The van der Waals surface area contributed by atoms with Gasteiger partial charge in [-0.15, -0.1) is 0 Å². The van der Waals surface area contributed by atoms with Crippen molar-refractivity contribution in [3.05, 3.63) is 64.7 Å². The van der Waals surface area contributed by atoms with E-state index in [0.29, 0.717) is 34.5 Å². The van der Waals surface area contributed by atoms with Crippen LogP contribution < -0.4 is 11.1 Å². The summed E-state index contributed by atoms with van der Waals surface area (Å²) < 4.78 is 36.7. The zero-order valence-corrected chi connectivity index (χ0v) is 16.7. The lowest BCUT2D eigenvalue weighted by Gasteiger charge is -2.20. The summed E-state index contributed by atoms with van der Waals surface area (Å²) in [6.45, 7) is 1.96. The van der Waals surface area contributed by atoms with E-state index >= 15 is 0 Å². The molecule has 0 spiro atoms. The van der Waals surface area contributed by atoms with Crippen LogP contribution in [0.1, 0.15) is 38.8 Å². The fourth-order valence-corrected chi connectivity index (χ4v) is 2.76. The van der Waals surface area contributed by atoms with Crippen molar-refractivity contribution in [1.29, 1.82) is 0 Å². The Morgan fingerprint density at radius 2 is 1.56 bits per heavy atom. The molecule has 11 heteroatoms. The van der Waals surface area contributed by atoms with Gasteiger partial charge in [-0.25, -0.2) is 4.79 Å². The van der Waals surface area contributed by atoms with E-state index < -0.39 is 24.2 Å². The van der Waals surface area contributed by atoms with E-state index in [9.17, 15) is 27.6 Å². The van der Waals surface area contributed by atoms with Crippen molar-refractivity contribution in [2.45, 2.75) is 19.1 Å². The molecule has 0 aliphatic heterocycles. The number of carboxylic acid groups (broad SMARTS) is 1. The molecular weight excluding hydrogens is 433 g/mol. The van der Waals surface area contributed by atoms with Crippen LogP contribution in [0.25, 0.3) is 0 Å². The topological polar surface area (TPSA) is 136 Å². The molecule has 1 aliphatic carbocycles. The molecule has 0 bridgehead atoms. The third-order valence-corrected chi connectivity index (χ3v) is 4.23. The van der Waals surface area contributed by atoms with E-state index in [0.717, 1.165) is 0 Å². The molecule has 0 radical (unpaired) electrons. The number of alkyl halides is 3. The van der Waals surface area contributed by atoms with Gasteiger partial charge < -0.3 is 20.9 Å². The van der Waals surface area contributed by atoms with Gasteiger partial charge in [0.1, 0.15) is 12.6 Å². The van der Waals surface area contributed by atoms with Gasteiger partial charge in [0.15, 0.2) is 11.6 Å². The molecule has 1 aliphatic rings. The van der Waals surface area contributed by atoms with Crippen molar-refractivity contribution in [3.63, 3.8) is 0 Å². The molecule has 3 rings (SSSR count). The number of nitrogens with one attached hydrogen (secondary N) is 1. The van der Waals surface area contributed by atoms with Gasteiger partial charge in [0, 0.05) is 28.9 Å². The molecule has 32 heavy (non-hydrogen) atoms. The molecule has 170 valence electrons. The van der Waals surface area contributed by atoms with Crippen molar-refractivity contribution in [1.82, 2.24) is 0 Å². The molecule has 0 aromatic heterocycles. The average molecular weight is 452 g/mol. The maximum absolute atomic E-state index is 12.8. The number of nitrogens with two attached hydrogens (primary N) is 1. The van der Waals surface area contributed by atoms with Gasteiger partial charge in [-0.3, -0.25) is 14.4 Å². The highest BCUT2D eigenvalue weighted by molar-refractivity contribution is 6.30. The Hall–Kier alpha value is -3.73. The quantitative estimate of drug-likeness (QED) is 0.397. The lowest BCUT2D eigenvalue weighted by molar-refractivity contribution is -0.192. The fourth-order valence-electron chi connectivity index (χ4n) is 2.76. The van der Waals surface area contributed by atoms with E-state index in [1.807, 2.05) is 0 Å². The van der Waals surface area contributed by atoms with Crippen molar-refractivity contribution >= 4 is 29.2 Å². The van der Waals surface area contributed by atoms with E-state index in [1.165, 1.54) is 0 Å². The number of carbonyl (C=O) groups is 4. The number of rotatable bonds is 5. The van der Waals surface area contributed by atoms with E-state index in [4.69, 9.17) is 20.4 Å². The number of aliphatic carboxylic acids is 1. The molecule has 0 amide bonds. The van der Waals surface area contributed by atoms with Crippen molar-refractivity contribution in [2.24, 2.45) is 5.73 Å². The average Bonchev–Trinajstić information content (AvgIpc) is 2.74. The summed E-state index contributed by atoms with van der Waals surface area (Å²) in [5.74, 6) is -3.61. The van der Waals surface area contributed by atoms with Crippen LogP contribution in [0.15, 0.2) is 42.5 Å². The number of hydrogen-bond acceptors (Lipinski definition) is 7. The molecule has 8 nitrogen and oxygen atoms in total. The molecular formula is C21H19F3N2O6. The Bertz CT molecular complexity index is 1050. The molecule has 1 atom stereocenters. The zero-order valence-electron chi connectivity index (χ0n) is 16.7. The summed E-state index contributed by atoms with van der Waals surface area (Å²) in [6, 6.07) is 11.2. The smallest absolute Gasteiger partial charge is 0.475 e. The van der Waals surface area contributed by atoms with Crippen LogP contribution in [0.3, 0.4) is 0 Å². The van der Waals surface area contributed by atoms with Crippen molar-refractivity contribution in [2.75, 3.05) is 18.5 Å². The molecule has 0 fully saturated rings. The first-order chi connectivity index (χ1) is 14.9. The molecule has 4 N–H and O–H groups in total. The molecule has 0 saturated heterocycles. The standard InChI is InChI=1S/C19H18N2O4.C2HF3O2/c1-11(20)19(24)25-10-9-21-15-8-4-7-14-16(15)18(23)13-6-3-2-5-12(13)17(14)22;3-2(4,5)1(6)7/h2-8,11,21H,9-10,20H2,1H3;(H,6,7). The summed E-state index contributed by atoms with van der Waals surface area (Å²) in [7, 11) is 0. The van der Waals surface area contributed by atoms with E-state index in [-0.39, 0.29) is 18.2 Å². The number of ketones is 2. The minimum atomic E-state index is -5.08. The van der Waals surface area contributed by atoms with Gasteiger partial charge >= 0.3 is 18.1 Å². The third kappa shape index (κ3) is 5.70. The Morgan fingerprint density at radius 3 is 2.09 bits per heavy atom. The largest absolute Gasteiger partial charge is 0.490 e. The molecule has 2 aromatic carbocycles. The lowest BCUT2D eigenvalue weighted by atomic mass is 9.83. The summed E-state index contributed by atoms with van der Waals surface area (Å²) in [5.41, 5.74) is 7.51. The first kappa shape index (κ1) is 24.5. The molecule has 1 unspecified atom stereocenters. The van der Waals surface area contributed by atoms with Crippen LogP contribution in [-0.4, -0.2) is 54.0 Å². The van der Waals surface area contributed by atoms with Gasteiger partial charge in [0.2, 0.25) is 0 Å². The zero-order chi connectivity index (χ0) is 24.1. The van der Waals surface area contributed by atoms with Gasteiger partial charge in [-0.05, 0) is 13.0 Å². The first-order valence-corrected chi connectivity index (χ1v) is 9.22. The SMILES string of the molecule is CC(N)C(=O)OCCNc1cccc2c1C(=O)c1ccccc1C2=O.O=C(O)C(F)(F)F. The number of carbonyl (C=O) groups excluding carboxylic acids is 3. The van der Waals surface area contributed by atoms with Gasteiger partial charge in [0.25, 0.3) is 0 Å². The number of carboxylic acids is 1. The first-order valence-electron chi connectivity index (χ1n) is 9.22. The van der Waals surface area contributed by atoms with E-state index in [1.54, 1.807) is 49.4 Å². The van der Waals surface area contributed by atoms with Crippen LogP contribution in [-0.2, 0) is 14.3 Å². The summed E-state index contributed by atoms with van der Waals surface area (Å²) >= 11 is 0. The van der Waals surface area contributed by atoms with Crippen molar-refractivity contribution < 1.29 is 42.2 Å². The summed E-state index contributed by atoms with van der Waals surface area (Å²) in [6.07, 6.45) is -5.08. The molecule has 2 aromatic rings. The number of esters is 1. The number of fused-ring (bicyclic) bond motifs is 2. The Balaban J connectivity index is 0.000000451. The van der Waals surface area contributed by atoms with Crippen LogP contribution in [0.2, 0.25) is 0 Å². The minimum absolute atomic E-state index is 0.114. The Kier molecular flexibility index (Phi) is 7.71. The number of hydrogen-bond donors (Lipinski definition) is 3. The Morgan fingerprint density at radius 1 is 1.03 bits per heavy atom. The second kappa shape index (κ2) is 10.1. The minimum Gasteiger partial charge on any atom is -0.475 e. The van der Waals surface area contributed by atoms with Gasteiger partial charge in [0.05, 0.1) is 5.56 Å². The highest BCUT2D eigenvalue weighted by Crippen LogP contribution is 2.31. The van der Waals surface area contributed by atoms with Crippen LogP contribution in [0.4, 0.5) is 18.9 Å². The fraction of sp³-hybridized carbons (Fsp3) is 0.238. The van der Waals surface area contributed by atoms with Crippen LogP contribution in [0.5, 0.6) is 0 Å². The number of benzene rings is 2. The van der Waals surface area contributed by atoms with Crippen LogP contribution >= 0.6 is 0 Å². The monoisotopic (exact) mass is 452 g/mol. The molecule has 0 heterocycles. The highest BCUT2D eigenvalue weighted by atomic mass is 19.4. The van der Waals surface area contributed by atoms with Crippen molar-refractivity contribution in [3.8, 4) is 0 Å². The lowest BCUT2D eigenvalue weighted by Crippen LogP contribution is -2.30. The maximum Gasteiger partial charge on any atom is 0.490 e. The third-order valence-electron chi connectivity index (χ3n) is 4.23. The number of anilines is 1. The predicted molar refractivity (Wildman–Crippen MR) is 107 cm³/mol. The Labute approximate surface area is 180 Å². The van der Waals surface area contributed by atoms with Gasteiger partial charge in [-0.2, -0.15) is 13.2 Å². The van der Waals surface area contributed by atoms with Crippen LogP contribution in [0, 0.1) is 0 Å². The number of ether oxygens (including phenoxy) is 1. The highest BCUT2D eigenvalue weighted by Gasteiger charge is 2.38. The predicted octanol–water partition coefficient (Wildman–Crippen LogP) is 2.40. The number of halogens is 3. The summed E-state index contributed by atoms with van der Waals surface area (Å²) in [4.78, 5) is 45.7. The normalized spacial score (nSPS) is 13.2. The summed E-state index contributed by atoms with van der Waals surface area (Å²) in [5, 5.41) is 10.2. The van der Waals surface area contributed by atoms with E-state index in [2.05, 4.69) is 5.32 Å². The second-order valence-corrected chi connectivity index (χ2v) is 6.62.